The van der Waals surface area contributed by atoms with Crippen LogP contribution in [0.15, 0.2) is 0 Å². The molecule has 3 heteroatoms. The van der Waals surface area contributed by atoms with Gasteiger partial charge in [0.25, 0.3) is 0 Å². The normalized spacial score (nSPS) is 27.0. The van der Waals surface area contributed by atoms with Gasteiger partial charge >= 0.3 is 0 Å². The minimum Gasteiger partial charge on any atom is -0.319 e. The average molecular weight is 239 g/mol. The summed E-state index contributed by atoms with van der Waals surface area (Å²) in [5.41, 5.74) is 0. The highest BCUT2D eigenvalue weighted by Crippen LogP contribution is 2.30. The van der Waals surface area contributed by atoms with E-state index in [1.165, 1.54) is 45.6 Å². The molecule has 2 unspecified atom stereocenters. The van der Waals surface area contributed by atoms with Gasteiger partial charge in [-0.3, -0.25) is 4.90 Å². The highest BCUT2D eigenvalue weighted by molar-refractivity contribution is 4.83. The van der Waals surface area contributed by atoms with Gasteiger partial charge in [-0.2, -0.15) is 0 Å². The van der Waals surface area contributed by atoms with Crippen LogP contribution in [0.3, 0.4) is 0 Å². The smallest absolute Gasteiger partial charge is 0.0113 e. The van der Waals surface area contributed by atoms with Gasteiger partial charge in [-0.15, -0.1) is 0 Å². The van der Waals surface area contributed by atoms with Crippen molar-refractivity contribution in [1.29, 1.82) is 0 Å². The molecule has 0 aromatic rings. The third kappa shape index (κ3) is 3.94. The molecule has 3 nitrogen and oxygen atoms in total. The van der Waals surface area contributed by atoms with Crippen LogP contribution in [0.4, 0.5) is 0 Å². The van der Waals surface area contributed by atoms with Crippen LogP contribution in [0, 0.1) is 11.8 Å². The summed E-state index contributed by atoms with van der Waals surface area (Å²) >= 11 is 0. The molecule has 0 radical (unpaired) electrons. The van der Waals surface area contributed by atoms with E-state index in [-0.39, 0.29) is 0 Å². The van der Waals surface area contributed by atoms with Crippen LogP contribution in [0.25, 0.3) is 0 Å². The van der Waals surface area contributed by atoms with Crippen LogP contribution in [-0.4, -0.2) is 62.2 Å². The largest absolute Gasteiger partial charge is 0.319 e. The molecule has 0 bridgehead atoms. The van der Waals surface area contributed by atoms with E-state index >= 15 is 0 Å². The molecule has 0 aromatic carbocycles. The molecule has 1 N–H and O–H groups in total. The standard InChI is InChI=1S/C14H29N3/c1-12(10-15-3)13(2)17-8-6-16(7-9-17)11-14-4-5-14/h12-15H,4-11H2,1-3H3. The summed E-state index contributed by atoms with van der Waals surface area (Å²) in [6.45, 7) is 12.3. The van der Waals surface area contributed by atoms with Crippen molar-refractivity contribution < 1.29 is 0 Å². The summed E-state index contributed by atoms with van der Waals surface area (Å²) in [5.74, 6) is 1.79. The molecule has 0 aromatic heterocycles. The number of rotatable bonds is 6. The van der Waals surface area contributed by atoms with Crippen LogP contribution in [0.2, 0.25) is 0 Å². The number of nitrogens with one attached hydrogen (secondary N) is 1. The van der Waals surface area contributed by atoms with Crippen molar-refractivity contribution in [1.82, 2.24) is 15.1 Å². The third-order valence-corrected chi connectivity index (χ3v) is 4.55. The number of nitrogens with zero attached hydrogens (tertiary/aromatic N) is 2. The first-order valence-corrected chi connectivity index (χ1v) is 7.31. The van der Waals surface area contributed by atoms with Crippen LogP contribution >= 0.6 is 0 Å². The molecule has 1 aliphatic carbocycles. The van der Waals surface area contributed by atoms with Gasteiger partial charge in [0.05, 0.1) is 0 Å². The van der Waals surface area contributed by atoms with E-state index in [1.54, 1.807) is 0 Å². The van der Waals surface area contributed by atoms with Gasteiger partial charge in [-0.1, -0.05) is 6.92 Å². The van der Waals surface area contributed by atoms with Crippen molar-refractivity contribution in [3.63, 3.8) is 0 Å². The number of hydrogen-bond donors (Lipinski definition) is 1. The molecule has 2 fully saturated rings. The van der Waals surface area contributed by atoms with Gasteiger partial charge in [0.2, 0.25) is 0 Å². The fraction of sp³-hybridized carbons (Fsp3) is 1.00. The lowest BCUT2D eigenvalue weighted by Crippen LogP contribution is -2.52. The van der Waals surface area contributed by atoms with Crippen molar-refractivity contribution in [3.8, 4) is 0 Å². The van der Waals surface area contributed by atoms with E-state index < -0.39 is 0 Å². The van der Waals surface area contributed by atoms with Gasteiger partial charge in [0.1, 0.15) is 0 Å². The van der Waals surface area contributed by atoms with Crippen LogP contribution in [-0.2, 0) is 0 Å². The Hall–Kier alpha value is -0.120. The summed E-state index contributed by atoms with van der Waals surface area (Å²) in [7, 11) is 2.05. The summed E-state index contributed by atoms with van der Waals surface area (Å²) < 4.78 is 0. The Kier molecular flexibility index (Phi) is 4.83. The zero-order valence-electron chi connectivity index (χ0n) is 11.8. The van der Waals surface area contributed by atoms with Crippen molar-refractivity contribution in [2.24, 2.45) is 11.8 Å². The van der Waals surface area contributed by atoms with Crippen molar-refractivity contribution >= 4 is 0 Å². The molecule has 17 heavy (non-hydrogen) atoms. The highest BCUT2D eigenvalue weighted by Gasteiger charge is 2.28. The molecule has 1 heterocycles. The van der Waals surface area contributed by atoms with Gasteiger partial charge in [0.15, 0.2) is 0 Å². The van der Waals surface area contributed by atoms with Gasteiger partial charge < -0.3 is 10.2 Å². The summed E-state index contributed by atoms with van der Waals surface area (Å²) in [4.78, 5) is 5.34. The zero-order valence-corrected chi connectivity index (χ0v) is 11.8. The SMILES string of the molecule is CNCC(C)C(C)N1CCN(CC2CC2)CC1. The van der Waals surface area contributed by atoms with E-state index in [1.807, 2.05) is 0 Å². The quantitative estimate of drug-likeness (QED) is 0.753. The Bertz CT molecular complexity index is 220. The summed E-state index contributed by atoms with van der Waals surface area (Å²) in [6.07, 6.45) is 2.96. The molecule has 2 aliphatic rings. The van der Waals surface area contributed by atoms with Crippen LogP contribution in [0.1, 0.15) is 26.7 Å². The second kappa shape index (κ2) is 6.17. The third-order valence-electron chi connectivity index (χ3n) is 4.55. The van der Waals surface area contributed by atoms with Crippen molar-refractivity contribution in [2.45, 2.75) is 32.7 Å². The first-order valence-electron chi connectivity index (χ1n) is 7.31. The molecule has 100 valence electrons. The Balaban J connectivity index is 1.69. The van der Waals surface area contributed by atoms with E-state index in [2.05, 4.69) is 36.0 Å². The average Bonchev–Trinajstić information content (AvgIpc) is 3.13. The van der Waals surface area contributed by atoms with Gasteiger partial charge in [0, 0.05) is 38.8 Å². The molecule has 0 spiro atoms. The number of hydrogen-bond acceptors (Lipinski definition) is 3. The molecule has 2 rings (SSSR count). The van der Waals surface area contributed by atoms with Gasteiger partial charge in [-0.05, 0) is 45.2 Å². The first kappa shape index (κ1) is 13.3. The Morgan fingerprint density at radius 3 is 2.29 bits per heavy atom. The molecule has 1 aliphatic heterocycles. The van der Waals surface area contributed by atoms with Crippen LogP contribution < -0.4 is 5.32 Å². The first-order chi connectivity index (χ1) is 8.20. The predicted octanol–water partition coefficient (Wildman–Crippen LogP) is 1.26. The minimum atomic E-state index is 0.713. The fourth-order valence-electron chi connectivity index (χ4n) is 2.87. The zero-order chi connectivity index (χ0) is 12.3. The Morgan fingerprint density at radius 1 is 1.12 bits per heavy atom. The Morgan fingerprint density at radius 2 is 1.76 bits per heavy atom. The van der Waals surface area contributed by atoms with E-state index in [9.17, 15) is 0 Å². The predicted molar refractivity (Wildman–Crippen MR) is 73.3 cm³/mol. The monoisotopic (exact) mass is 239 g/mol. The summed E-state index contributed by atoms with van der Waals surface area (Å²) in [6, 6.07) is 0.713. The maximum absolute atomic E-state index is 3.29. The van der Waals surface area contributed by atoms with Crippen molar-refractivity contribution in [2.75, 3.05) is 46.3 Å². The summed E-state index contributed by atoms with van der Waals surface area (Å²) in [5, 5.41) is 3.29. The second-order valence-electron chi connectivity index (χ2n) is 6.06. The maximum atomic E-state index is 3.29. The lowest BCUT2D eigenvalue weighted by atomic mass is 10.0. The molecular formula is C14H29N3. The maximum Gasteiger partial charge on any atom is 0.0113 e. The Labute approximate surface area is 107 Å². The number of piperazine rings is 1. The molecular weight excluding hydrogens is 210 g/mol. The lowest BCUT2D eigenvalue weighted by Gasteiger charge is -2.40. The lowest BCUT2D eigenvalue weighted by molar-refractivity contribution is 0.0786. The fourth-order valence-corrected chi connectivity index (χ4v) is 2.87. The highest BCUT2D eigenvalue weighted by atomic mass is 15.3. The van der Waals surface area contributed by atoms with Gasteiger partial charge in [-0.25, -0.2) is 0 Å². The topological polar surface area (TPSA) is 18.5 Å². The van der Waals surface area contributed by atoms with Crippen LogP contribution in [0.5, 0.6) is 0 Å². The van der Waals surface area contributed by atoms with E-state index in [0.29, 0.717) is 6.04 Å². The van der Waals surface area contributed by atoms with Crippen molar-refractivity contribution in [3.05, 3.63) is 0 Å². The van der Waals surface area contributed by atoms with E-state index in [4.69, 9.17) is 0 Å². The molecule has 1 saturated carbocycles. The molecule has 0 amide bonds. The minimum absolute atomic E-state index is 0.713. The molecule has 2 atom stereocenters. The second-order valence-corrected chi connectivity index (χ2v) is 6.06. The molecule has 1 saturated heterocycles. The van der Waals surface area contributed by atoms with E-state index in [0.717, 1.165) is 18.4 Å².